The second kappa shape index (κ2) is 14.2. The topological polar surface area (TPSA) is 62.2 Å². The molecule has 2 atom stereocenters. The van der Waals surface area contributed by atoms with Crippen molar-refractivity contribution in [2.24, 2.45) is 16.8 Å². The molecule has 8 heteroatoms. The van der Waals surface area contributed by atoms with Gasteiger partial charge >= 0.3 is 0 Å². The normalized spacial score (nSPS) is 20.8. The maximum absolute atomic E-state index is 6.01. The molecule has 0 bridgehead atoms. The molecule has 0 amide bonds. The van der Waals surface area contributed by atoms with E-state index in [2.05, 4.69) is 47.8 Å². The molecule has 0 radical (unpaired) electrons. The Hall–Kier alpha value is -1.13. The summed E-state index contributed by atoms with van der Waals surface area (Å²) >= 11 is 0. The van der Waals surface area contributed by atoms with Crippen LogP contribution in [0, 0.1) is 11.8 Å². The Bertz CT molecular complexity index is 697. The summed E-state index contributed by atoms with van der Waals surface area (Å²) < 4.78 is 11.5. The molecule has 2 aliphatic heterocycles. The van der Waals surface area contributed by atoms with Crippen molar-refractivity contribution in [3.8, 4) is 5.88 Å². The summed E-state index contributed by atoms with van der Waals surface area (Å²) in [5.74, 6) is 3.01. The first-order valence-corrected chi connectivity index (χ1v) is 12.0. The van der Waals surface area contributed by atoms with Gasteiger partial charge in [-0.25, -0.2) is 9.98 Å². The van der Waals surface area contributed by atoms with E-state index in [1.54, 1.807) is 0 Å². The van der Waals surface area contributed by atoms with Gasteiger partial charge in [-0.2, -0.15) is 0 Å². The Kier molecular flexibility index (Phi) is 12.0. The molecular formula is C24H42IN5O2. The van der Waals surface area contributed by atoms with Crippen molar-refractivity contribution >= 4 is 29.9 Å². The molecule has 182 valence electrons. The minimum absolute atomic E-state index is 0. The second-order valence-electron chi connectivity index (χ2n) is 9.24. The fourth-order valence-electron chi connectivity index (χ4n) is 4.45. The molecule has 0 saturated carbocycles. The molecule has 2 aliphatic rings. The van der Waals surface area contributed by atoms with E-state index in [4.69, 9.17) is 14.5 Å². The molecule has 32 heavy (non-hydrogen) atoms. The smallest absolute Gasteiger partial charge is 0.213 e. The van der Waals surface area contributed by atoms with E-state index in [1.807, 2.05) is 18.3 Å². The van der Waals surface area contributed by atoms with Gasteiger partial charge in [0.1, 0.15) is 0 Å². The number of hydrogen-bond donors (Lipinski definition) is 1. The van der Waals surface area contributed by atoms with Gasteiger partial charge in [-0.05, 0) is 50.2 Å². The van der Waals surface area contributed by atoms with Crippen molar-refractivity contribution in [3.05, 3.63) is 23.9 Å². The molecule has 1 N–H and O–H groups in total. The first-order valence-electron chi connectivity index (χ1n) is 12.0. The monoisotopic (exact) mass is 559 g/mol. The number of nitrogens with one attached hydrogen (secondary N) is 1. The number of nitrogens with zero attached hydrogens (tertiary/aromatic N) is 4. The lowest BCUT2D eigenvalue weighted by molar-refractivity contribution is 0.0315. The summed E-state index contributed by atoms with van der Waals surface area (Å²) in [5, 5.41) is 3.48. The zero-order valence-electron chi connectivity index (χ0n) is 20.3. The number of ether oxygens (including phenoxy) is 2. The van der Waals surface area contributed by atoms with Gasteiger partial charge in [0.2, 0.25) is 5.88 Å². The third-order valence-electron chi connectivity index (χ3n) is 5.88. The van der Waals surface area contributed by atoms with Gasteiger partial charge in [0.05, 0.1) is 25.9 Å². The van der Waals surface area contributed by atoms with Crippen molar-refractivity contribution in [2.45, 2.75) is 53.2 Å². The molecule has 2 unspecified atom stereocenters. The average Bonchev–Trinajstić information content (AvgIpc) is 3.19. The summed E-state index contributed by atoms with van der Waals surface area (Å²) in [4.78, 5) is 14.3. The van der Waals surface area contributed by atoms with Crippen LogP contribution in [-0.2, 0) is 11.3 Å². The molecule has 0 aliphatic carbocycles. The Balaban J connectivity index is 0.00000363. The van der Waals surface area contributed by atoms with Crippen molar-refractivity contribution < 1.29 is 9.47 Å². The van der Waals surface area contributed by atoms with Gasteiger partial charge in [-0.3, -0.25) is 4.90 Å². The van der Waals surface area contributed by atoms with Gasteiger partial charge in [0, 0.05) is 51.5 Å². The van der Waals surface area contributed by atoms with Gasteiger partial charge < -0.3 is 19.7 Å². The highest BCUT2D eigenvalue weighted by Crippen LogP contribution is 2.19. The Morgan fingerprint density at radius 1 is 1.28 bits per heavy atom. The minimum atomic E-state index is 0. The van der Waals surface area contributed by atoms with Crippen molar-refractivity contribution in [1.29, 1.82) is 0 Å². The van der Waals surface area contributed by atoms with Crippen LogP contribution in [-0.4, -0.2) is 79.3 Å². The number of pyridine rings is 1. The van der Waals surface area contributed by atoms with Crippen LogP contribution in [0.4, 0.5) is 0 Å². The van der Waals surface area contributed by atoms with E-state index in [-0.39, 0.29) is 30.1 Å². The third-order valence-corrected chi connectivity index (χ3v) is 5.88. The molecule has 1 aromatic heterocycles. The van der Waals surface area contributed by atoms with Crippen molar-refractivity contribution in [1.82, 2.24) is 20.1 Å². The average molecular weight is 560 g/mol. The quantitative estimate of drug-likeness (QED) is 0.283. The highest BCUT2D eigenvalue weighted by atomic mass is 127. The van der Waals surface area contributed by atoms with E-state index in [0.29, 0.717) is 24.3 Å². The molecule has 3 rings (SSSR count). The second-order valence-corrected chi connectivity index (χ2v) is 9.24. The van der Waals surface area contributed by atoms with E-state index in [9.17, 15) is 0 Å². The van der Waals surface area contributed by atoms with Crippen LogP contribution in [0.25, 0.3) is 0 Å². The van der Waals surface area contributed by atoms with Crippen LogP contribution < -0.4 is 10.1 Å². The number of rotatable bonds is 9. The largest absolute Gasteiger partial charge is 0.475 e. The van der Waals surface area contributed by atoms with Gasteiger partial charge in [-0.1, -0.05) is 13.8 Å². The molecule has 0 spiro atoms. The van der Waals surface area contributed by atoms with Gasteiger partial charge in [-0.15, -0.1) is 24.0 Å². The molecular weight excluding hydrogens is 517 g/mol. The number of hydrogen-bond acceptors (Lipinski definition) is 5. The number of halogens is 1. The van der Waals surface area contributed by atoms with Crippen LogP contribution >= 0.6 is 24.0 Å². The summed E-state index contributed by atoms with van der Waals surface area (Å²) in [6.07, 6.45) is 4.23. The molecule has 2 saturated heterocycles. The Morgan fingerprint density at radius 2 is 2.06 bits per heavy atom. The Morgan fingerprint density at radius 3 is 2.78 bits per heavy atom. The zero-order chi connectivity index (χ0) is 22.1. The summed E-state index contributed by atoms with van der Waals surface area (Å²) in [6.45, 7) is 17.3. The molecule has 2 fully saturated rings. The van der Waals surface area contributed by atoms with E-state index >= 15 is 0 Å². The Labute approximate surface area is 211 Å². The zero-order valence-corrected chi connectivity index (χ0v) is 22.6. The SMILES string of the molecule is CCNC(=NCc1ccnc(OC(C)CC(C)C)c1)N1CCC(CN2CCOCC2)C1.I. The van der Waals surface area contributed by atoms with E-state index < -0.39 is 0 Å². The van der Waals surface area contributed by atoms with Crippen LogP contribution in [0.3, 0.4) is 0 Å². The van der Waals surface area contributed by atoms with Crippen molar-refractivity contribution in [3.63, 3.8) is 0 Å². The summed E-state index contributed by atoms with van der Waals surface area (Å²) in [6, 6.07) is 4.05. The highest BCUT2D eigenvalue weighted by Gasteiger charge is 2.27. The first-order chi connectivity index (χ1) is 15.0. The minimum Gasteiger partial charge on any atom is -0.475 e. The maximum atomic E-state index is 6.01. The predicted molar refractivity (Wildman–Crippen MR) is 141 cm³/mol. The van der Waals surface area contributed by atoms with Crippen LogP contribution in [0.1, 0.15) is 46.1 Å². The van der Waals surface area contributed by atoms with Gasteiger partial charge in [0.15, 0.2) is 5.96 Å². The van der Waals surface area contributed by atoms with Crippen LogP contribution in [0.15, 0.2) is 23.3 Å². The van der Waals surface area contributed by atoms with Crippen LogP contribution in [0.2, 0.25) is 0 Å². The molecule has 0 aromatic carbocycles. The number of aliphatic imine (C=N–C) groups is 1. The standard InChI is InChI=1S/C24H41N5O2.HI/c1-5-25-24(29-9-7-22(18-29)17-28-10-12-30-13-11-28)27-16-21-6-8-26-23(15-21)31-20(4)14-19(2)3;/h6,8,15,19-20,22H,5,7,9-14,16-18H2,1-4H3,(H,25,27);1H. The number of guanidine groups is 1. The highest BCUT2D eigenvalue weighted by molar-refractivity contribution is 14.0. The first kappa shape index (κ1) is 27.1. The van der Waals surface area contributed by atoms with Crippen molar-refractivity contribution in [2.75, 3.05) is 52.5 Å². The molecule has 3 heterocycles. The molecule has 7 nitrogen and oxygen atoms in total. The fraction of sp³-hybridized carbons (Fsp3) is 0.750. The van der Waals surface area contributed by atoms with Crippen LogP contribution in [0.5, 0.6) is 5.88 Å². The van der Waals surface area contributed by atoms with E-state index in [1.165, 1.54) is 13.0 Å². The predicted octanol–water partition coefficient (Wildman–Crippen LogP) is 3.63. The number of morpholine rings is 1. The maximum Gasteiger partial charge on any atom is 0.213 e. The summed E-state index contributed by atoms with van der Waals surface area (Å²) in [5.41, 5.74) is 1.13. The lowest BCUT2D eigenvalue weighted by Crippen LogP contribution is -2.42. The molecule has 1 aromatic rings. The lowest BCUT2D eigenvalue weighted by atomic mass is 10.1. The lowest BCUT2D eigenvalue weighted by Gasteiger charge is -2.29. The summed E-state index contributed by atoms with van der Waals surface area (Å²) in [7, 11) is 0. The van der Waals surface area contributed by atoms with Gasteiger partial charge in [0.25, 0.3) is 0 Å². The van der Waals surface area contributed by atoms with E-state index in [0.717, 1.165) is 63.9 Å². The fourth-order valence-corrected chi connectivity index (χ4v) is 4.45. The third kappa shape index (κ3) is 9.02. The number of aromatic nitrogens is 1. The number of likely N-dealkylation sites (tertiary alicyclic amines) is 1.